The number of alkyl halides is 3. The lowest BCUT2D eigenvalue weighted by Gasteiger charge is -2.10. The number of halogens is 3. The number of aromatic nitrogens is 1. The van der Waals surface area contributed by atoms with Crippen LogP contribution in [-0.2, 0) is 0 Å². The van der Waals surface area contributed by atoms with Gasteiger partial charge >= 0.3 is 6.36 Å². The third-order valence-electron chi connectivity index (χ3n) is 1.56. The molecule has 0 aliphatic rings. The van der Waals surface area contributed by atoms with Gasteiger partial charge in [0.1, 0.15) is 0 Å². The summed E-state index contributed by atoms with van der Waals surface area (Å²) in [7, 11) is 1.18. The molecule has 0 saturated carbocycles. The van der Waals surface area contributed by atoms with Gasteiger partial charge in [-0.2, -0.15) is 0 Å². The highest BCUT2D eigenvalue weighted by Crippen LogP contribution is 2.23. The van der Waals surface area contributed by atoms with Gasteiger partial charge in [0.25, 0.3) is 5.56 Å². The molecule has 1 N–H and O–H groups in total. The minimum atomic E-state index is -5.04. The highest BCUT2D eigenvalue weighted by molar-refractivity contribution is 5.79. The van der Waals surface area contributed by atoms with Crippen LogP contribution in [0, 0.1) is 0 Å². The first kappa shape index (κ1) is 12.1. The Labute approximate surface area is 86.8 Å². The molecule has 5 nitrogen and oxygen atoms in total. The van der Waals surface area contributed by atoms with E-state index in [1.807, 2.05) is 4.98 Å². The molecule has 1 heterocycles. The maximum absolute atomic E-state index is 11.9. The van der Waals surface area contributed by atoms with Crippen molar-refractivity contribution in [3.8, 4) is 11.6 Å². The molecule has 0 radical (unpaired) electrons. The van der Waals surface area contributed by atoms with Crippen LogP contribution in [0.4, 0.5) is 13.2 Å². The van der Waals surface area contributed by atoms with Crippen LogP contribution in [0.5, 0.6) is 11.6 Å². The number of aromatic amines is 1. The van der Waals surface area contributed by atoms with Crippen LogP contribution < -0.4 is 15.0 Å². The van der Waals surface area contributed by atoms with E-state index < -0.39 is 23.2 Å². The first-order valence-electron chi connectivity index (χ1n) is 3.89. The number of ether oxygens (including phenoxy) is 2. The topological polar surface area (TPSA) is 68.4 Å². The van der Waals surface area contributed by atoms with Crippen molar-refractivity contribution in [3.05, 3.63) is 22.0 Å². The summed E-state index contributed by atoms with van der Waals surface area (Å²) in [5.74, 6) is -1.25. The molecule has 0 spiro atoms. The van der Waals surface area contributed by atoms with E-state index in [4.69, 9.17) is 0 Å². The number of H-pyrrole nitrogens is 1. The van der Waals surface area contributed by atoms with Crippen LogP contribution in [0.15, 0.2) is 10.9 Å². The van der Waals surface area contributed by atoms with Crippen molar-refractivity contribution in [1.29, 1.82) is 0 Å². The summed E-state index contributed by atoms with van der Waals surface area (Å²) in [4.78, 5) is 23.6. The minimum absolute atomic E-state index is 0.0683. The fourth-order valence-corrected chi connectivity index (χ4v) is 0.961. The zero-order chi connectivity index (χ0) is 12.3. The van der Waals surface area contributed by atoms with Crippen molar-refractivity contribution in [1.82, 2.24) is 4.98 Å². The summed E-state index contributed by atoms with van der Waals surface area (Å²) in [5, 5.41) is 0. The summed E-state index contributed by atoms with van der Waals surface area (Å²) in [5.41, 5.74) is -1.74. The molecule has 0 saturated heterocycles. The summed E-state index contributed by atoms with van der Waals surface area (Å²) >= 11 is 0. The number of rotatable bonds is 3. The standard InChI is InChI=1S/C8H6F3NO4/c1-15-5-2-4(3-13)6(7(14)12-5)16-8(9,10)11/h2-3H,1H3,(H,12,14). The fraction of sp³-hybridized carbons (Fsp3) is 0.250. The van der Waals surface area contributed by atoms with E-state index >= 15 is 0 Å². The molecule has 8 heteroatoms. The van der Waals surface area contributed by atoms with Crippen LogP contribution >= 0.6 is 0 Å². The molecule has 0 bridgehead atoms. The van der Waals surface area contributed by atoms with Gasteiger partial charge in [-0.1, -0.05) is 0 Å². The van der Waals surface area contributed by atoms with Gasteiger partial charge in [0, 0.05) is 6.07 Å². The van der Waals surface area contributed by atoms with Crippen molar-refractivity contribution >= 4 is 6.29 Å². The van der Waals surface area contributed by atoms with Crippen LogP contribution in [-0.4, -0.2) is 24.7 Å². The molecule has 0 aliphatic heterocycles. The summed E-state index contributed by atoms with van der Waals surface area (Å²) < 4.78 is 43.7. The predicted octanol–water partition coefficient (Wildman–Crippen LogP) is 1.09. The third kappa shape index (κ3) is 2.75. The monoisotopic (exact) mass is 237 g/mol. The van der Waals surface area contributed by atoms with E-state index in [-0.39, 0.29) is 12.2 Å². The number of aldehydes is 1. The molecule has 0 aromatic carbocycles. The lowest BCUT2D eigenvalue weighted by Crippen LogP contribution is -2.24. The van der Waals surface area contributed by atoms with Gasteiger partial charge in [-0.15, -0.1) is 13.2 Å². The second-order valence-electron chi connectivity index (χ2n) is 2.62. The quantitative estimate of drug-likeness (QED) is 0.799. The van der Waals surface area contributed by atoms with Crippen molar-refractivity contribution in [3.63, 3.8) is 0 Å². The van der Waals surface area contributed by atoms with Crippen molar-refractivity contribution in [2.24, 2.45) is 0 Å². The molecule has 1 aromatic rings. The maximum atomic E-state index is 11.9. The molecule has 1 rings (SSSR count). The molecule has 0 amide bonds. The molecular weight excluding hydrogens is 231 g/mol. The Kier molecular flexibility index (Phi) is 3.21. The zero-order valence-corrected chi connectivity index (χ0v) is 7.92. The Bertz CT molecular complexity index is 452. The summed E-state index contributed by atoms with van der Waals surface area (Å²) in [6.45, 7) is 0. The van der Waals surface area contributed by atoms with Gasteiger partial charge in [0.2, 0.25) is 5.75 Å². The van der Waals surface area contributed by atoms with E-state index in [0.717, 1.165) is 6.07 Å². The van der Waals surface area contributed by atoms with Gasteiger partial charge in [-0.05, 0) is 0 Å². The second-order valence-corrected chi connectivity index (χ2v) is 2.62. The van der Waals surface area contributed by atoms with Crippen molar-refractivity contribution < 1.29 is 27.4 Å². The van der Waals surface area contributed by atoms with Gasteiger partial charge in [0.05, 0.1) is 12.7 Å². The van der Waals surface area contributed by atoms with Crippen molar-refractivity contribution in [2.75, 3.05) is 7.11 Å². The molecule has 0 aliphatic carbocycles. The largest absolute Gasteiger partial charge is 0.573 e. The summed E-state index contributed by atoms with van der Waals surface area (Å²) in [6, 6.07) is 0.926. The third-order valence-corrected chi connectivity index (χ3v) is 1.56. The van der Waals surface area contributed by atoms with Gasteiger partial charge < -0.3 is 9.47 Å². The summed E-state index contributed by atoms with van der Waals surface area (Å²) in [6.07, 6.45) is -4.97. The molecule has 0 fully saturated rings. The number of hydrogen-bond donors (Lipinski definition) is 1. The fourth-order valence-electron chi connectivity index (χ4n) is 0.961. The molecule has 0 unspecified atom stereocenters. The van der Waals surface area contributed by atoms with E-state index in [2.05, 4.69) is 9.47 Å². The number of carbonyl (C=O) groups is 1. The van der Waals surface area contributed by atoms with Gasteiger partial charge in [0.15, 0.2) is 12.2 Å². The zero-order valence-electron chi connectivity index (χ0n) is 7.92. The molecule has 16 heavy (non-hydrogen) atoms. The van der Waals surface area contributed by atoms with Crippen LogP contribution in [0.2, 0.25) is 0 Å². The molecule has 88 valence electrons. The van der Waals surface area contributed by atoms with Crippen molar-refractivity contribution in [2.45, 2.75) is 6.36 Å². The highest BCUT2D eigenvalue weighted by atomic mass is 19.4. The lowest BCUT2D eigenvalue weighted by molar-refractivity contribution is -0.275. The average Bonchev–Trinajstić information content (AvgIpc) is 2.19. The SMILES string of the molecule is COc1cc(C=O)c(OC(F)(F)F)c(=O)[nH]1. The average molecular weight is 237 g/mol. The van der Waals surface area contributed by atoms with Gasteiger partial charge in [-0.3, -0.25) is 14.6 Å². The molecular formula is C8H6F3NO4. The number of pyridine rings is 1. The van der Waals surface area contributed by atoms with E-state index in [0.29, 0.717) is 0 Å². The Morgan fingerprint density at radius 2 is 2.06 bits per heavy atom. The number of carbonyl (C=O) groups excluding carboxylic acids is 1. The molecule has 1 aromatic heterocycles. The van der Waals surface area contributed by atoms with Crippen LogP contribution in [0.3, 0.4) is 0 Å². The van der Waals surface area contributed by atoms with E-state index in [9.17, 15) is 22.8 Å². The van der Waals surface area contributed by atoms with E-state index in [1.54, 1.807) is 0 Å². The maximum Gasteiger partial charge on any atom is 0.573 e. The number of methoxy groups -OCH3 is 1. The second kappa shape index (κ2) is 4.25. The van der Waals surface area contributed by atoms with Crippen LogP contribution in [0.25, 0.3) is 0 Å². The minimum Gasteiger partial charge on any atom is -0.482 e. The molecule has 0 atom stereocenters. The first-order valence-corrected chi connectivity index (χ1v) is 3.89. The first-order chi connectivity index (χ1) is 7.37. The Hall–Kier alpha value is -1.99. The predicted molar refractivity (Wildman–Crippen MR) is 45.7 cm³/mol. The Balaban J connectivity index is 3.28. The number of nitrogens with one attached hydrogen (secondary N) is 1. The Morgan fingerprint density at radius 1 is 1.44 bits per heavy atom. The highest BCUT2D eigenvalue weighted by Gasteiger charge is 2.33. The van der Waals surface area contributed by atoms with E-state index in [1.165, 1.54) is 7.11 Å². The van der Waals surface area contributed by atoms with Gasteiger partial charge in [-0.25, -0.2) is 0 Å². The Morgan fingerprint density at radius 3 is 2.50 bits per heavy atom. The smallest absolute Gasteiger partial charge is 0.482 e. The number of hydrogen-bond acceptors (Lipinski definition) is 4. The lowest BCUT2D eigenvalue weighted by atomic mass is 10.2. The normalized spacial score (nSPS) is 11.0. The van der Waals surface area contributed by atoms with Crippen LogP contribution in [0.1, 0.15) is 10.4 Å².